The molecule has 1 aromatic rings. The third-order valence-electron chi connectivity index (χ3n) is 4.17. The van der Waals surface area contributed by atoms with E-state index in [9.17, 15) is 19.2 Å². The SMILES string of the molecule is O=C(O)c1ccoc1C(=O)O.O=C1CCCCCCCCC(=O)OCCCCO1. The van der Waals surface area contributed by atoms with Gasteiger partial charge in [0, 0.05) is 12.8 Å². The lowest BCUT2D eigenvalue weighted by Gasteiger charge is -2.07. The van der Waals surface area contributed by atoms with Gasteiger partial charge >= 0.3 is 23.9 Å². The molecular weight excluding hydrogens is 384 g/mol. The van der Waals surface area contributed by atoms with Crippen LogP contribution < -0.4 is 0 Å². The molecule has 0 bridgehead atoms. The lowest BCUT2D eigenvalue weighted by molar-refractivity contribution is -0.146. The summed E-state index contributed by atoms with van der Waals surface area (Å²) in [4.78, 5) is 43.1. The van der Waals surface area contributed by atoms with E-state index in [1.54, 1.807) is 0 Å². The van der Waals surface area contributed by atoms with E-state index < -0.39 is 17.7 Å². The lowest BCUT2D eigenvalue weighted by atomic mass is 10.1. The zero-order chi connectivity index (χ0) is 21.5. The number of furan rings is 1. The fourth-order valence-corrected chi connectivity index (χ4v) is 2.61. The van der Waals surface area contributed by atoms with Crippen LogP contribution in [0.4, 0.5) is 0 Å². The van der Waals surface area contributed by atoms with Crippen molar-refractivity contribution in [2.75, 3.05) is 13.2 Å². The molecule has 1 aromatic heterocycles. The van der Waals surface area contributed by atoms with Crippen molar-refractivity contribution in [1.29, 1.82) is 0 Å². The third kappa shape index (κ3) is 10.9. The average molecular weight is 412 g/mol. The highest BCUT2D eigenvalue weighted by atomic mass is 16.5. The number of carboxylic acids is 2. The smallest absolute Gasteiger partial charge is 0.372 e. The Hall–Kier alpha value is -2.84. The molecule has 0 radical (unpaired) electrons. The molecule has 1 saturated heterocycles. The van der Waals surface area contributed by atoms with Gasteiger partial charge in [0.2, 0.25) is 5.76 Å². The molecule has 0 aromatic carbocycles. The summed E-state index contributed by atoms with van der Waals surface area (Å²) in [6.07, 6.45) is 9.85. The molecule has 0 unspecified atom stereocenters. The molecule has 1 aliphatic rings. The van der Waals surface area contributed by atoms with Crippen molar-refractivity contribution in [3.8, 4) is 0 Å². The summed E-state index contributed by atoms with van der Waals surface area (Å²) >= 11 is 0. The minimum Gasteiger partial charge on any atom is -0.478 e. The van der Waals surface area contributed by atoms with Gasteiger partial charge < -0.3 is 24.1 Å². The molecule has 2 N–H and O–H groups in total. The largest absolute Gasteiger partial charge is 0.478 e. The second-order valence-corrected chi connectivity index (χ2v) is 6.54. The van der Waals surface area contributed by atoms with Crippen LogP contribution in [-0.2, 0) is 19.1 Å². The van der Waals surface area contributed by atoms with Crippen LogP contribution in [0.2, 0.25) is 0 Å². The molecule has 0 saturated carbocycles. The fourth-order valence-electron chi connectivity index (χ4n) is 2.61. The number of carbonyl (C=O) groups excluding carboxylic acids is 2. The number of hydrogen-bond donors (Lipinski definition) is 2. The summed E-state index contributed by atoms with van der Waals surface area (Å²) in [7, 11) is 0. The number of esters is 2. The van der Waals surface area contributed by atoms with Gasteiger partial charge in [-0.25, -0.2) is 9.59 Å². The van der Waals surface area contributed by atoms with E-state index in [1.807, 2.05) is 0 Å². The molecule has 9 nitrogen and oxygen atoms in total. The van der Waals surface area contributed by atoms with Crippen molar-refractivity contribution < 1.29 is 43.3 Å². The first-order chi connectivity index (χ1) is 13.9. The summed E-state index contributed by atoms with van der Waals surface area (Å²) in [5, 5.41) is 16.7. The Labute approximate surface area is 169 Å². The van der Waals surface area contributed by atoms with Crippen LogP contribution in [0, 0.1) is 0 Å². The fraction of sp³-hybridized carbons (Fsp3) is 0.600. The first kappa shape index (κ1) is 24.2. The van der Waals surface area contributed by atoms with Crippen molar-refractivity contribution in [3.63, 3.8) is 0 Å². The van der Waals surface area contributed by atoms with Crippen LogP contribution in [-0.4, -0.2) is 47.3 Å². The Morgan fingerprint density at radius 3 is 1.62 bits per heavy atom. The highest BCUT2D eigenvalue weighted by Gasteiger charge is 2.18. The summed E-state index contributed by atoms with van der Waals surface area (Å²) in [5.41, 5.74) is -0.336. The zero-order valence-electron chi connectivity index (χ0n) is 16.4. The van der Waals surface area contributed by atoms with Gasteiger partial charge in [-0.2, -0.15) is 0 Å². The Morgan fingerprint density at radius 1 is 0.724 bits per heavy atom. The number of aromatic carboxylic acids is 2. The topological polar surface area (TPSA) is 140 Å². The van der Waals surface area contributed by atoms with Crippen molar-refractivity contribution in [3.05, 3.63) is 23.7 Å². The maximum atomic E-state index is 11.3. The number of carboxylic acid groups (broad SMARTS) is 2. The molecule has 162 valence electrons. The van der Waals surface area contributed by atoms with Gasteiger partial charge in [0.15, 0.2) is 0 Å². The van der Waals surface area contributed by atoms with Crippen molar-refractivity contribution in [2.24, 2.45) is 0 Å². The normalized spacial score (nSPS) is 17.2. The highest BCUT2D eigenvalue weighted by molar-refractivity contribution is 5.99. The van der Waals surface area contributed by atoms with Gasteiger partial charge in [-0.05, 0) is 31.7 Å². The Bertz CT molecular complexity index is 608. The summed E-state index contributed by atoms with van der Waals surface area (Å²) in [6.45, 7) is 0.882. The van der Waals surface area contributed by atoms with E-state index in [0.717, 1.165) is 63.7 Å². The average Bonchev–Trinajstić information content (AvgIpc) is 3.17. The van der Waals surface area contributed by atoms with Crippen LogP contribution in [0.5, 0.6) is 0 Å². The first-order valence-corrected chi connectivity index (χ1v) is 9.77. The maximum Gasteiger partial charge on any atom is 0.372 e. The van der Waals surface area contributed by atoms with Gasteiger partial charge in [0.05, 0.1) is 19.5 Å². The van der Waals surface area contributed by atoms with E-state index in [4.69, 9.17) is 19.7 Å². The van der Waals surface area contributed by atoms with Crippen LogP contribution in [0.15, 0.2) is 16.7 Å². The van der Waals surface area contributed by atoms with Crippen molar-refractivity contribution in [2.45, 2.75) is 64.2 Å². The van der Waals surface area contributed by atoms with E-state index in [-0.39, 0.29) is 17.5 Å². The van der Waals surface area contributed by atoms with Crippen molar-refractivity contribution in [1.82, 2.24) is 0 Å². The third-order valence-corrected chi connectivity index (χ3v) is 4.17. The van der Waals surface area contributed by atoms with Gasteiger partial charge in [-0.1, -0.05) is 25.7 Å². The van der Waals surface area contributed by atoms with Crippen molar-refractivity contribution >= 4 is 23.9 Å². The summed E-state index contributed by atoms with van der Waals surface area (Å²) in [5.74, 6) is -3.43. The molecule has 0 atom stereocenters. The Balaban J connectivity index is 0.000000326. The first-order valence-electron chi connectivity index (χ1n) is 9.77. The Kier molecular flexibility index (Phi) is 11.8. The predicted octanol–water partition coefficient (Wildman–Crippen LogP) is 3.66. The molecular formula is C20H28O9. The number of hydrogen-bond acceptors (Lipinski definition) is 7. The second-order valence-electron chi connectivity index (χ2n) is 6.54. The molecule has 0 aliphatic carbocycles. The van der Waals surface area contributed by atoms with Crippen LogP contribution in [0.1, 0.15) is 85.1 Å². The maximum absolute atomic E-state index is 11.3. The molecule has 1 fully saturated rings. The zero-order valence-corrected chi connectivity index (χ0v) is 16.4. The van der Waals surface area contributed by atoms with Crippen LogP contribution in [0.25, 0.3) is 0 Å². The standard InChI is InChI=1S/C14H24O4.C6H4O5/c15-13-9-5-3-1-2-4-6-10-14(16)18-12-8-7-11-17-13;7-5(8)3-1-2-11-4(3)6(9)10/h1-12H2;1-2H,(H,7,8)(H,9,10). The number of ether oxygens (including phenoxy) is 2. The van der Waals surface area contributed by atoms with E-state index in [0.29, 0.717) is 26.1 Å². The number of cyclic esters (lactones) is 2. The second kappa shape index (κ2) is 14.2. The summed E-state index contributed by atoms with van der Waals surface area (Å²) in [6, 6.07) is 1.09. The molecule has 0 spiro atoms. The van der Waals surface area contributed by atoms with Gasteiger partial charge in [0.1, 0.15) is 5.56 Å². The molecule has 1 aliphatic heterocycles. The Morgan fingerprint density at radius 2 is 1.21 bits per heavy atom. The lowest BCUT2D eigenvalue weighted by Crippen LogP contribution is -2.09. The van der Waals surface area contributed by atoms with Crippen LogP contribution >= 0.6 is 0 Å². The highest BCUT2D eigenvalue weighted by Crippen LogP contribution is 2.11. The summed E-state index contributed by atoms with van der Waals surface area (Å²) < 4.78 is 14.6. The number of carbonyl (C=O) groups is 4. The van der Waals surface area contributed by atoms with E-state index >= 15 is 0 Å². The molecule has 2 heterocycles. The molecule has 0 amide bonds. The van der Waals surface area contributed by atoms with E-state index in [2.05, 4.69) is 4.42 Å². The molecule has 29 heavy (non-hydrogen) atoms. The predicted molar refractivity (Wildman–Crippen MR) is 101 cm³/mol. The monoisotopic (exact) mass is 412 g/mol. The van der Waals surface area contributed by atoms with Gasteiger partial charge in [-0.15, -0.1) is 0 Å². The van der Waals surface area contributed by atoms with Gasteiger partial charge in [-0.3, -0.25) is 9.59 Å². The van der Waals surface area contributed by atoms with Crippen LogP contribution in [0.3, 0.4) is 0 Å². The van der Waals surface area contributed by atoms with Gasteiger partial charge in [0.25, 0.3) is 0 Å². The minimum absolute atomic E-state index is 0.0981. The molecule has 2 rings (SSSR count). The number of rotatable bonds is 2. The van der Waals surface area contributed by atoms with E-state index in [1.165, 1.54) is 0 Å². The molecule has 9 heteroatoms. The quantitative estimate of drug-likeness (QED) is 0.696. The minimum atomic E-state index is -1.38.